The number of fused-ring (bicyclic) bond motifs is 2. The fourth-order valence-corrected chi connectivity index (χ4v) is 7.08. The molecule has 300 valence electrons. The third-order valence-electron chi connectivity index (χ3n) is 10.4. The second-order valence-electron chi connectivity index (χ2n) is 14.7. The number of nitrogens with one attached hydrogen (secondary N) is 2. The molecule has 2 aromatic carbocycles. The minimum atomic E-state index is -1.02. The largest absolute Gasteiger partial charge is 0.491 e. The van der Waals surface area contributed by atoms with Crippen LogP contribution in [0.3, 0.4) is 0 Å². The third kappa shape index (κ3) is 8.91. The number of ether oxygens (including phenoxy) is 6. The second kappa shape index (κ2) is 16.9. The first kappa shape index (κ1) is 38.4. The van der Waals surface area contributed by atoms with E-state index in [1.54, 1.807) is 12.4 Å². The number of morpholine rings is 1. The summed E-state index contributed by atoms with van der Waals surface area (Å²) in [5.41, 5.74) is 2.70. The van der Waals surface area contributed by atoms with Gasteiger partial charge in [-0.25, -0.2) is 9.97 Å². The number of carbonyl (C=O) groups is 4. The van der Waals surface area contributed by atoms with Gasteiger partial charge in [-0.2, -0.15) is 5.10 Å². The van der Waals surface area contributed by atoms with Crippen LogP contribution in [0.4, 0.5) is 5.82 Å². The summed E-state index contributed by atoms with van der Waals surface area (Å²) in [5, 5.41) is 10.8. The first-order chi connectivity index (χ1) is 27.7. The summed E-state index contributed by atoms with van der Waals surface area (Å²) >= 11 is 0. The van der Waals surface area contributed by atoms with Crippen LogP contribution < -0.4 is 19.7 Å². The fourth-order valence-electron chi connectivity index (χ4n) is 7.08. The maximum Gasteiger partial charge on any atom is 0.262 e. The number of piperidine rings is 1. The topological polar surface area (TPSA) is 197 Å². The number of carbonyl (C=O) groups excluding carboxylic acids is 4. The van der Waals surface area contributed by atoms with E-state index < -0.39 is 29.7 Å². The number of hydrogen-bond donors (Lipinski definition) is 2. The molecule has 4 aliphatic rings. The van der Waals surface area contributed by atoms with Crippen molar-refractivity contribution < 1.29 is 47.6 Å². The summed E-state index contributed by atoms with van der Waals surface area (Å²) in [6.45, 7) is 6.78. The zero-order valence-electron chi connectivity index (χ0n) is 31.7. The molecule has 1 saturated carbocycles. The molecule has 3 fully saturated rings. The van der Waals surface area contributed by atoms with E-state index in [0.29, 0.717) is 51.9 Å². The molecule has 2 N–H and O–H groups in total. The van der Waals surface area contributed by atoms with Crippen molar-refractivity contribution in [2.45, 2.75) is 56.8 Å². The molecule has 17 nitrogen and oxygen atoms in total. The summed E-state index contributed by atoms with van der Waals surface area (Å²) in [5.74, 6) is -0.169. The number of aromatic nitrogens is 4. The van der Waals surface area contributed by atoms with Gasteiger partial charge in [-0.1, -0.05) is 0 Å². The lowest BCUT2D eigenvalue weighted by molar-refractivity contribution is -0.136. The number of H-pyrrole nitrogens is 1. The Hall–Kier alpha value is -5.49. The quantitative estimate of drug-likeness (QED) is 0.110. The van der Waals surface area contributed by atoms with E-state index in [0.717, 1.165) is 64.6 Å². The van der Waals surface area contributed by atoms with Gasteiger partial charge in [0, 0.05) is 37.6 Å². The molecular formula is C40H45N7O10. The smallest absolute Gasteiger partial charge is 0.262 e. The maximum atomic E-state index is 13.0. The van der Waals surface area contributed by atoms with Crippen molar-refractivity contribution in [3.05, 3.63) is 59.9 Å². The molecule has 57 heavy (non-hydrogen) atoms. The van der Waals surface area contributed by atoms with Crippen LogP contribution in [0, 0.1) is 0 Å². The van der Waals surface area contributed by atoms with Gasteiger partial charge in [0.2, 0.25) is 11.8 Å². The number of anilines is 1. The molecule has 3 aliphatic heterocycles. The third-order valence-corrected chi connectivity index (χ3v) is 10.4. The van der Waals surface area contributed by atoms with Crippen LogP contribution in [-0.2, 0) is 28.5 Å². The van der Waals surface area contributed by atoms with Crippen LogP contribution in [0.25, 0.3) is 22.3 Å². The Morgan fingerprint density at radius 1 is 0.860 bits per heavy atom. The van der Waals surface area contributed by atoms with E-state index in [1.165, 1.54) is 12.1 Å². The van der Waals surface area contributed by atoms with E-state index in [-0.39, 0.29) is 48.9 Å². The molecule has 0 radical (unpaired) electrons. The SMILES string of the molecule is CC1(Oc2ccc3[nH]nc(-c4cc(N5CCO[C@H](CCOCCOCCOCCOc6ccc7c(c6)C(=O)N(C6CCC(=O)NC6=O)C7=O)C5)ncn4)c3c2)CC1. The monoisotopic (exact) mass is 783 g/mol. The van der Waals surface area contributed by atoms with Crippen LogP contribution in [0.15, 0.2) is 48.8 Å². The molecule has 8 rings (SSSR count). The van der Waals surface area contributed by atoms with Crippen molar-refractivity contribution in [3.63, 3.8) is 0 Å². The summed E-state index contributed by atoms with van der Waals surface area (Å²) in [4.78, 5) is 61.9. The number of aromatic amines is 1. The number of rotatable bonds is 18. The molecule has 4 aromatic rings. The molecule has 4 amide bonds. The van der Waals surface area contributed by atoms with Crippen LogP contribution >= 0.6 is 0 Å². The summed E-state index contributed by atoms with van der Waals surface area (Å²) in [6, 6.07) is 11.5. The Bertz CT molecular complexity index is 2140. The molecule has 1 aliphatic carbocycles. The van der Waals surface area contributed by atoms with Gasteiger partial charge < -0.3 is 33.3 Å². The molecule has 0 spiro atoms. The van der Waals surface area contributed by atoms with Gasteiger partial charge in [-0.15, -0.1) is 0 Å². The maximum absolute atomic E-state index is 13.0. The van der Waals surface area contributed by atoms with Crippen LogP contribution in [0.2, 0.25) is 0 Å². The Morgan fingerprint density at radius 3 is 2.40 bits per heavy atom. The lowest BCUT2D eigenvalue weighted by atomic mass is 10.0. The fraction of sp³-hybridized carbons (Fsp3) is 0.475. The highest BCUT2D eigenvalue weighted by Gasteiger charge is 2.45. The van der Waals surface area contributed by atoms with Crippen LogP contribution in [0.1, 0.15) is 59.7 Å². The van der Waals surface area contributed by atoms with Crippen molar-refractivity contribution >= 4 is 40.3 Å². The zero-order chi connectivity index (χ0) is 39.4. The molecule has 2 saturated heterocycles. The van der Waals surface area contributed by atoms with Gasteiger partial charge in [0.1, 0.15) is 47.6 Å². The summed E-state index contributed by atoms with van der Waals surface area (Å²) in [7, 11) is 0. The van der Waals surface area contributed by atoms with Crippen LogP contribution in [-0.4, -0.2) is 132 Å². The highest BCUT2D eigenvalue weighted by Crippen LogP contribution is 2.40. The predicted molar refractivity (Wildman–Crippen MR) is 203 cm³/mol. The van der Waals surface area contributed by atoms with Crippen LogP contribution in [0.5, 0.6) is 11.5 Å². The Balaban J connectivity index is 0.694. The van der Waals surface area contributed by atoms with Gasteiger partial charge in [-0.3, -0.25) is 34.5 Å². The molecule has 17 heteroatoms. The molecule has 2 atom stereocenters. The lowest BCUT2D eigenvalue weighted by Gasteiger charge is -2.33. The van der Waals surface area contributed by atoms with Crippen molar-refractivity contribution in [1.29, 1.82) is 0 Å². The minimum absolute atomic E-state index is 0.00396. The number of hydrogen-bond acceptors (Lipinski definition) is 14. The average molecular weight is 784 g/mol. The van der Waals surface area contributed by atoms with Crippen molar-refractivity contribution in [3.8, 4) is 22.9 Å². The van der Waals surface area contributed by atoms with Gasteiger partial charge in [-0.05, 0) is 69.0 Å². The predicted octanol–water partition coefficient (Wildman–Crippen LogP) is 3.08. The minimum Gasteiger partial charge on any atom is -0.491 e. The number of amides is 4. The molecular weight excluding hydrogens is 738 g/mol. The van der Waals surface area contributed by atoms with E-state index in [1.807, 2.05) is 24.3 Å². The van der Waals surface area contributed by atoms with Crippen molar-refractivity contribution in [2.24, 2.45) is 0 Å². The van der Waals surface area contributed by atoms with Gasteiger partial charge in [0.15, 0.2) is 0 Å². The Morgan fingerprint density at radius 2 is 1.61 bits per heavy atom. The van der Waals surface area contributed by atoms with E-state index >= 15 is 0 Å². The Labute approximate surface area is 328 Å². The molecule has 0 bridgehead atoms. The normalized spacial score (nSPS) is 20.2. The summed E-state index contributed by atoms with van der Waals surface area (Å²) < 4.78 is 35.0. The standard InChI is InChI=1S/C40H45N7O10/c1-40(9-10-40)57-26-3-5-31-30(21-26)36(45-44-31)32-22-34(42-24-41-32)46-11-13-55-27(23-46)8-12-52-14-15-53-16-17-54-18-19-56-25-2-4-28-29(20-25)39(51)47(38(28)50)33-6-7-35(48)43-37(33)49/h2-5,20-22,24,27,33H,6-19,23H2,1H3,(H,44,45)(H,43,48,49)/t27-,33?/m1/s1. The van der Waals surface area contributed by atoms with Gasteiger partial charge >= 0.3 is 0 Å². The average Bonchev–Trinajstić information content (AvgIpc) is 3.70. The van der Waals surface area contributed by atoms with Gasteiger partial charge in [0.05, 0.1) is 68.1 Å². The van der Waals surface area contributed by atoms with E-state index in [4.69, 9.17) is 28.4 Å². The summed E-state index contributed by atoms with van der Waals surface area (Å²) in [6.07, 6.45) is 4.59. The Kier molecular flexibility index (Phi) is 11.4. The van der Waals surface area contributed by atoms with E-state index in [9.17, 15) is 19.2 Å². The highest BCUT2D eigenvalue weighted by molar-refractivity contribution is 6.23. The zero-order valence-corrected chi connectivity index (χ0v) is 31.7. The first-order valence-corrected chi connectivity index (χ1v) is 19.3. The van der Waals surface area contributed by atoms with E-state index in [2.05, 4.69) is 37.3 Å². The molecule has 5 heterocycles. The highest BCUT2D eigenvalue weighted by atomic mass is 16.6. The number of imide groups is 2. The van der Waals surface area contributed by atoms with Crippen molar-refractivity contribution in [1.82, 2.24) is 30.4 Å². The number of benzene rings is 2. The molecule has 2 aromatic heterocycles. The molecule has 1 unspecified atom stereocenters. The second-order valence-corrected chi connectivity index (χ2v) is 14.7. The van der Waals surface area contributed by atoms with Crippen molar-refractivity contribution in [2.75, 3.05) is 70.8 Å². The lowest BCUT2D eigenvalue weighted by Crippen LogP contribution is -2.54. The first-order valence-electron chi connectivity index (χ1n) is 19.3. The number of nitrogens with zero attached hydrogens (tertiary/aromatic N) is 5. The van der Waals surface area contributed by atoms with Gasteiger partial charge in [0.25, 0.3) is 11.8 Å².